The van der Waals surface area contributed by atoms with E-state index in [0.29, 0.717) is 0 Å². The first-order chi connectivity index (χ1) is 52.6. The molecule has 19 rings (SSSR count). The van der Waals surface area contributed by atoms with E-state index in [1.54, 1.807) is 0 Å². The fourth-order valence-corrected chi connectivity index (χ4v) is 14.9. The highest BCUT2D eigenvalue weighted by Gasteiger charge is 2.21. The molecule has 0 bridgehead atoms. The summed E-state index contributed by atoms with van der Waals surface area (Å²) in [7, 11) is 0. The number of furan rings is 2. The van der Waals surface area contributed by atoms with Gasteiger partial charge >= 0.3 is 0 Å². The number of para-hydroxylation sites is 5. The molecule has 2 heterocycles. The number of hydrogen-bond donors (Lipinski definition) is 0. The van der Waals surface area contributed by atoms with E-state index in [1.807, 2.05) is 18.2 Å². The van der Waals surface area contributed by atoms with Gasteiger partial charge in [-0.3, -0.25) is 0 Å². The number of benzene rings is 17. The maximum Gasteiger partial charge on any atom is 0.143 e. The molecule has 0 amide bonds. The Morgan fingerprint density at radius 1 is 0.151 bits per heavy atom. The highest BCUT2D eigenvalue weighted by molar-refractivity contribution is 6.13. The molecular formula is C102H70N2O2. The fraction of sp³-hybridized carbons (Fsp3) is 0. The zero-order chi connectivity index (χ0) is 70.5. The predicted molar refractivity (Wildman–Crippen MR) is 446 cm³/mol. The van der Waals surface area contributed by atoms with Crippen molar-refractivity contribution in [3.8, 4) is 100 Å². The van der Waals surface area contributed by atoms with Crippen molar-refractivity contribution < 1.29 is 8.83 Å². The summed E-state index contributed by atoms with van der Waals surface area (Å²) in [5.74, 6) is 0. The number of hydrogen-bond acceptors (Lipinski definition) is 4. The van der Waals surface area contributed by atoms with Gasteiger partial charge in [-0.2, -0.15) is 0 Å². The SMILES string of the molecule is c1ccc(-c2ccc(N(c3ccc(-c4cccc(-c5cccc6c5oc5ccccc56)c4)cc3)c3ccccc3-c3ccccc3)cc2)cc1.c1ccc(-c2ccc(N(c3ccc(-c4ccccc4)cc3)c3ccc(-c4cccc(-c5cccc6c5oc5c(-c7ccccc7)cccc56)c4)cc3)cc2)cc1. The lowest BCUT2D eigenvalue weighted by molar-refractivity contribution is 0.670. The smallest absolute Gasteiger partial charge is 0.143 e. The van der Waals surface area contributed by atoms with Crippen LogP contribution in [0.25, 0.3) is 144 Å². The summed E-state index contributed by atoms with van der Waals surface area (Å²) >= 11 is 0. The van der Waals surface area contributed by atoms with E-state index < -0.39 is 0 Å². The molecule has 19 aromatic rings. The van der Waals surface area contributed by atoms with E-state index in [0.717, 1.165) is 134 Å². The summed E-state index contributed by atoms with van der Waals surface area (Å²) in [5.41, 5.74) is 31.1. The Labute approximate surface area is 617 Å². The van der Waals surface area contributed by atoms with Crippen LogP contribution in [0.4, 0.5) is 34.1 Å². The average Bonchev–Trinajstić information content (AvgIpc) is 1.59. The normalized spacial score (nSPS) is 11.2. The van der Waals surface area contributed by atoms with E-state index in [4.69, 9.17) is 8.83 Å². The second-order valence-electron chi connectivity index (χ2n) is 26.7. The molecule has 0 atom stereocenters. The summed E-state index contributed by atoms with van der Waals surface area (Å²) in [6, 6.07) is 151. The minimum Gasteiger partial charge on any atom is -0.455 e. The third-order valence-corrected chi connectivity index (χ3v) is 20.2. The first kappa shape index (κ1) is 64.1. The lowest BCUT2D eigenvalue weighted by atomic mass is 9.97. The summed E-state index contributed by atoms with van der Waals surface area (Å²) in [6.45, 7) is 0. The number of nitrogens with zero attached hydrogens (tertiary/aromatic N) is 2. The highest BCUT2D eigenvalue weighted by atomic mass is 16.3. The summed E-state index contributed by atoms with van der Waals surface area (Å²) in [6.07, 6.45) is 0. The van der Waals surface area contributed by atoms with Crippen LogP contribution in [0.5, 0.6) is 0 Å². The van der Waals surface area contributed by atoms with Crippen LogP contribution in [-0.2, 0) is 0 Å². The van der Waals surface area contributed by atoms with Crippen molar-refractivity contribution in [1.82, 2.24) is 0 Å². The minimum absolute atomic E-state index is 0.908. The van der Waals surface area contributed by atoms with Crippen molar-refractivity contribution in [3.63, 3.8) is 0 Å². The van der Waals surface area contributed by atoms with Crippen LogP contribution < -0.4 is 9.80 Å². The monoisotopic (exact) mass is 1350 g/mol. The Morgan fingerprint density at radius 2 is 0.406 bits per heavy atom. The molecule has 0 N–H and O–H groups in total. The molecule has 0 aliphatic carbocycles. The Bertz CT molecular complexity index is 6170. The molecule has 500 valence electrons. The third kappa shape index (κ3) is 12.8. The van der Waals surface area contributed by atoms with Crippen LogP contribution >= 0.6 is 0 Å². The molecular weight excluding hydrogens is 1290 g/mol. The Morgan fingerprint density at radius 3 is 0.821 bits per heavy atom. The van der Waals surface area contributed by atoms with Crippen molar-refractivity contribution in [1.29, 1.82) is 0 Å². The second-order valence-corrected chi connectivity index (χ2v) is 26.7. The van der Waals surface area contributed by atoms with Gasteiger partial charge in [-0.25, -0.2) is 0 Å². The number of rotatable bonds is 15. The lowest BCUT2D eigenvalue weighted by Gasteiger charge is -2.28. The Kier molecular flexibility index (Phi) is 17.4. The molecule has 0 unspecified atom stereocenters. The van der Waals surface area contributed by atoms with Gasteiger partial charge in [-0.1, -0.05) is 340 Å². The molecule has 106 heavy (non-hydrogen) atoms. The summed E-state index contributed by atoms with van der Waals surface area (Å²) < 4.78 is 13.1. The first-order valence-corrected chi connectivity index (χ1v) is 36.1. The standard InChI is InChI=1S/C54H37NO.C48H33NO/c1-4-13-38(14-5-1)40-25-31-46(32-26-40)55(47-33-27-41(28-34-47)39-15-6-2-7-16-39)48-35-29-42(30-36-48)44-19-10-20-45(37-44)50-22-12-24-52-51-23-11-21-49(53(51)56-54(50)52)43-17-8-3-9-18-43;1-3-13-34(14-4-1)35-25-29-40(30-26-35)49(46-23-9-7-19-42(46)37-15-5-2-6-16-37)41-31-27-36(28-32-41)38-17-11-18-39(33-38)43-21-12-22-45-44-20-8-10-24-47(44)50-48(43)45/h1-37H;1-33H. The highest BCUT2D eigenvalue weighted by Crippen LogP contribution is 2.46. The van der Waals surface area contributed by atoms with Gasteiger partial charge in [0, 0.05) is 72.2 Å². The Balaban J connectivity index is 0.000000151. The minimum atomic E-state index is 0.908. The number of anilines is 6. The Hall–Kier alpha value is -14.1. The van der Waals surface area contributed by atoms with E-state index >= 15 is 0 Å². The van der Waals surface area contributed by atoms with Crippen LogP contribution in [0.15, 0.2) is 433 Å². The largest absolute Gasteiger partial charge is 0.455 e. The van der Waals surface area contributed by atoms with Crippen LogP contribution in [-0.4, -0.2) is 0 Å². The second kappa shape index (κ2) is 28.8. The van der Waals surface area contributed by atoms with E-state index in [9.17, 15) is 0 Å². The lowest BCUT2D eigenvalue weighted by Crippen LogP contribution is -2.11. The molecule has 0 saturated carbocycles. The van der Waals surface area contributed by atoms with E-state index in [1.165, 1.54) is 44.5 Å². The zero-order valence-corrected chi connectivity index (χ0v) is 58.1. The molecule has 0 aliphatic rings. The molecule has 2 aromatic heterocycles. The topological polar surface area (TPSA) is 32.8 Å². The molecule has 4 nitrogen and oxygen atoms in total. The van der Waals surface area contributed by atoms with Gasteiger partial charge in [0.1, 0.15) is 22.3 Å². The zero-order valence-electron chi connectivity index (χ0n) is 58.1. The molecule has 0 radical (unpaired) electrons. The average molecular weight is 1360 g/mol. The van der Waals surface area contributed by atoms with Crippen molar-refractivity contribution in [2.75, 3.05) is 9.80 Å². The molecule has 4 heteroatoms. The van der Waals surface area contributed by atoms with Gasteiger partial charge < -0.3 is 18.6 Å². The van der Waals surface area contributed by atoms with Gasteiger partial charge in [0.05, 0.1) is 5.69 Å². The summed E-state index contributed by atoms with van der Waals surface area (Å²) in [5, 5.41) is 4.53. The van der Waals surface area contributed by atoms with Gasteiger partial charge in [-0.05, 0) is 163 Å². The van der Waals surface area contributed by atoms with Crippen LogP contribution in [0, 0.1) is 0 Å². The van der Waals surface area contributed by atoms with Gasteiger partial charge in [0.15, 0.2) is 0 Å². The van der Waals surface area contributed by atoms with E-state index in [2.05, 4.69) is 416 Å². The van der Waals surface area contributed by atoms with Crippen molar-refractivity contribution in [3.05, 3.63) is 425 Å². The van der Waals surface area contributed by atoms with Crippen LogP contribution in [0.2, 0.25) is 0 Å². The third-order valence-electron chi connectivity index (χ3n) is 20.2. The molecule has 0 saturated heterocycles. The summed E-state index contributed by atoms with van der Waals surface area (Å²) in [4.78, 5) is 4.69. The number of fused-ring (bicyclic) bond motifs is 6. The van der Waals surface area contributed by atoms with Crippen molar-refractivity contribution >= 4 is 78.0 Å². The fourth-order valence-electron chi connectivity index (χ4n) is 14.9. The molecule has 0 aliphatic heterocycles. The van der Waals surface area contributed by atoms with E-state index in [-0.39, 0.29) is 0 Å². The van der Waals surface area contributed by atoms with Crippen LogP contribution in [0.1, 0.15) is 0 Å². The van der Waals surface area contributed by atoms with Crippen molar-refractivity contribution in [2.45, 2.75) is 0 Å². The maximum absolute atomic E-state index is 6.75. The predicted octanol–water partition coefficient (Wildman–Crippen LogP) is 29.1. The van der Waals surface area contributed by atoms with Crippen molar-refractivity contribution in [2.24, 2.45) is 0 Å². The maximum atomic E-state index is 6.75. The van der Waals surface area contributed by atoms with Gasteiger partial charge in [0.25, 0.3) is 0 Å². The van der Waals surface area contributed by atoms with Crippen LogP contribution in [0.3, 0.4) is 0 Å². The van der Waals surface area contributed by atoms with Gasteiger partial charge in [-0.15, -0.1) is 0 Å². The molecule has 0 fully saturated rings. The molecule has 17 aromatic carbocycles. The van der Waals surface area contributed by atoms with Gasteiger partial charge in [0.2, 0.25) is 0 Å². The molecule has 0 spiro atoms. The quantitative estimate of drug-likeness (QED) is 0.102. The first-order valence-electron chi connectivity index (χ1n) is 36.1.